The van der Waals surface area contributed by atoms with Crippen LogP contribution in [0.2, 0.25) is 0 Å². The second-order valence-electron chi connectivity index (χ2n) is 9.04. The number of aromatic nitrogens is 5. The minimum Gasteiger partial charge on any atom is -0.384 e. The zero-order valence-electron chi connectivity index (χ0n) is 18.2. The number of halogens is 2. The Morgan fingerprint density at radius 3 is 2.50 bits per heavy atom. The lowest BCUT2D eigenvalue weighted by Gasteiger charge is -2.39. The van der Waals surface area contributed by atoms with Gasteiger partial charge in [-0.15, -0.1) is 10.2 Å². The van der Waals surface area contributed by atoms with Gasteiger partial charge in [-0.1, -0.05) is 49.6 Å². The number of pyridine rings is 1. The van der Waals surface area contributed by atoms with Crippen LogP contribution in [0, 0.1) is 0 Å². The predicted molar refractivity (Wildman–Crippen MR) is 116 cm³/mol. The van der Waals surface area contributed by atoms with Gasteiger partial charge in [0.1, 0.15) is 0 Å². The van der Waals surface area contributed by atoms with Gasteiger partial charge >= 0.3 is 0 Å². The molecule has 0 radical (unpaired) electrons. The number of fused-ring (bicyclic) bond motifs is 1. The largest absolute Gasteiger partial charge is 0.384 e. The number of hydrogen-bond donors (Lipinski definition) is 1. The Bertz CT molecular complexity index is 1070. The van der Waals surface area contributed by atoms with Crippen molar-refractivity contribution < 1.29 is 13.5 Å². The SMILES string of the molecule is COCC1(c2nc3c(c(-c4ccccc4)c2-c2nn[nH]n2)CC(F)(F)CC3)CCCCC1. The molecule has 0 aliphatic heterocycles. The Labute approximate surface area is 185 Å². The van der Waals surface area contributed by atoms with Crippen molar-refractivity contribution in [1.29, 1.82) is 0 Å². The van der Waals surface area contributed by atoms with E-state index in [1.54, 1.807) is 7.11 Å². The average Bonchev–Trinajstić information content (AvgIpc) is 3.33. The van der Waals surface area contributed by atoms with Crippen molar-refractivity contribution >= 4 is 0 Å². The first-order chi connectivity index (χ1) is 15.5. The van der Waals surface area contributed by atoms with E-state index in [2.05, 4.69) is 20.6 Å². The number of alkyl halides is 2. The van der Waals surface area contributed by atoms with Crippen LogP contribution in [0.25, 0.3) is 22.5 Å². The van der Waals surface area contributed by atoms with E-state index in [0.29, 0.717) is 23.6 Å². The average molecular weight is 440 g/mol. The van der Waals surface area contributed by atoms with Crippen molar-refractivity contribution in [2.24, 2.45) is 0 Å². The van der Waals surface area contributed by atoms with E-state index in [9.17, 15) is 8.78 Å². The maximum absolute atomic E-state index is 14.6. The lowest BCUT2D eigenvalue weighted by Crippen LogP contribution is -2.37. The highest BCUT2D eigenvalue weighted by Gasteiger charge is 2.43. The summed E-state index contributed by atoms with van der Waals surface area (Å²) in [6.45, 7) is 0.522. The molecule has 1 N–H and O–H groups in total. The van der Waals surface area contributed by atoms with Gasteiger partial charge in [0.15, 0.2) is 0 Å². The number of benzene rings is 1. The molecule has 0 bridgehead atoms. The maximum atomic E-state index is 14.6. The summed E-state index contributed by atoms with van der Waals surface area (Å²) in [4.78, 5) is 5.10. The third-order valence-electron chi connectivity index (χ3n) is 6.91. The van der Waals surface area contributed by atoms with Crippen molar-refractivity contribution in [3.05, 3.63) is 47.3 Å². The molecule has 1 aromatic carbocycles. The fraction of sp³-hybridized carbons (Fsp3) is 0.500. The molecule has 5 rings (SSSR count). The summed E-state index contributed by atoms with van der Waals surface area (Å²) in [6, 6.07) is 9.69. The van der Waals surface area contributed by atoms with Gasteiger partial charge in [0, 0.05) is 31.1 Å². The van der Waals surface area contributed by atoms with Crippen LogP contribution in [0.5, 0.6) is 0 Å². The summed E-state index contributed by atoms with van der Waals surface area (Å²) in [5, 5.41) is 14.9. The van der Waals surface area contributed by atoms with Crippen LogP contribution in [0.15, 0.2) is 30.3 Å². The number of hydrogen-bond acceptors (Lipinski definition) is 5. The molecule has 2 heterocycles. The quantitative estimate of drug-likeness (QED) is 0.612. The van der Waals surface area contributed by atoms with Crippen LogP contribution in [0.4, 0.5) is 8.78 Å². The number of aromatic amines is 1. The first-order valence-electron chi connectivity index (χ1n) is 11.3. The molecular weight excluding hydrogens is 412 g/mol. The number of methoxy groups -OCH3 is 1. The van der Waals surface area contributed by atoms with Crippen molar-refractivity contribution in [2.75, 3.05) is 13.7 Å². The molecule has 0 saturated heterocycles. The minimum absolute atomic E-state index is 0.181. The van der Waals surface area contributed by atoms with Gasteiger partial charge < -0.3 is 4.74 Å². The van der Waals surface area contributed by atoms with Crippen molar-refractivity contribution in [3.63, 3.8) is 0 Å². The number of ether oxygens (including phenoxy) is 1. The van der Waals surface area contributed by atoms with Crippen molar-refractivity contribution in [1.82, 2.24) is 25.6 Å². The molecule has 0 unspecified atom stereocenters. The van der Waals surface area contributed by atoms with Crippen LogP contribution in [-0.4, -0.2) is 45.2 Å². The Morgan fingerprint density at radius 1 is 1.03 bits per heavy atom. The molecule has 1 saturated carbocycles. The molecule has 0 spiro atoms. The molecule has 2 aliphatic carbocycles. The molecule has 32 heavy (non-hydrogen) atoms. The minimum atomic E-state index is -2.76. The number of nitrogens with one attached hydrogen (secondary N) is 1. The second-order valence-corrected chi connectivity index (χ2v) is 9.04. The van der Waals surface area contributed by atoms with Gasteiger partial charge in [0.05, 0.1) is 17.9 Å². The summed E-state index contributed by atoms with van der Waals surface area (Å²) < 4.78 is 34.9. The zero-order valence-corrected chi connectivity index (χ0v) is 18.2. The van der Waals surface area contributed by atoms with Gasteiger partial charge in [0.2, 0.25) is 5.82 Å². The third-order valence-corrected chi connectivity index (χ3v) is 6.91. The summed E-state index contributed by atoms with van der Waals surface area (Å²) in [6.07, 6.45) is 4.93. The Kier molecular flexibility index (Phi) is 5.49. The van der Waals surface area contributed by atoms with Crippen LogP contribution >= 0.6 is 0 Å². The van der Waals surface area contributed by atoms with Gasteiger partial charge in [-0.3, -0.25) is 4.98 Å². The molecule has 8 heteroatoms. The standard InChI is InChI=1S/C24H27F2N5O/c1-32-15-23(11-6-3-7-12-23)21-20(22-28-30-31-29-22)19(16-8-4-2-5-9-16)17-14-24(25,26)13-10-18(17)27-21/h2,4-5,8-9H,3,6-7,10-15H2,1H3,(H,28,29,30,31). The molecule has 3 aromatic rings. The van der Waals surface area contributed by atoms with E-state index in [1.165, 1.54) is 6.42 Å². The van der Waals surface area contributed by atoms with Crippen LogP contribution in [-0.2, 0) is 23.0 Å². The summed E-state index contributed by atoms with van der Waals surface area (Å²) in [7, 11) is 1.71. The van der Waals surface area contributed by atoms with Gasteiger partial charge in [-0.05, 0) is 41.2 Å². The van der Waals surface area contributed by atoms with Gasteiger partial charge in [-0.25, -0.2) is 8.78 Å². The molecule has 1 fully saturated rings. The molecule has 2 aliphatic rings. The summed E-state index contributed by atoms with van der Waals surface area (Å²) in [5.41, 5.74) is 4.25. The van der Waals surface area contributed by atoms with E-state index in [0.717, 1.165) is 48.2 Å². The van der Waals surface area contributed by atoms with Gasteiger partial charge in [-0.2, -0.15) is 5.21 Å². The fourth-order valence-electron chi connectivity index (χ4n) is 5.46. The molecule has 0 atom stereocenters. The number of tetrazole rings is 1. The highest BCUT2D eigenvalue weighted by molar-refractivity contribution is 5.86. The Hall–Kier alpha value is -2.74. The molecule has 6 nitrogen and oxygen atoms in total. The Balaban J connectivity index is 1.85. The van der Waals surface area contributed by atoms with Crippen molar-refractivity contribution in [2.45, 2.75) is 62.7 Å². The number of rotatable bonds is 5. The number of nitrogens with zero attached hydrogens (tertiary/aromatic N) is 4. The van der Waals surface area contributed by atoms with Crippen LogP contribution < -0.4 is 0 Å². The number of H-pyrrole nitrogens is 1. The third kappa shape index (κ3) is 3.70. The van der Waals surface area contributed by atoms with Crippen LogP contribution in [0.3, 0.4) is 0 Å². The van der Waals surface area contributed by atoms with E-state index in [1.807, 2.05) is 30.3 Å². The first kappa shape index (κ1) is 21.1. The van der Waals surface area contributed by atoms with Gasteiger partial charge in [0.25, 0.3) is 5.92 Å². The lowest BCUT2D eigenvalue weighted by molar-refractivity contribution is -0.0127. The second kappa shape index (κ2) is 8.31. The molecule has 0 amide bonds. The van der Waals surface area contributed by atoms with E-state index in [4.69, 9.17) is 9.72 Å². The highest BCUT2D eigenvalue weighted by atomic mass is 19.3. The lowest BCUT2D eigenvalue weighted by atomic mass is 9.69. The fourth-order valence-corrected chi connectivity index (χ4v) is 5.46. The first-order valence-corrected chi connectivity index (χ1v) is 11.3. The zero-order chi connectivity index (χ0) is 22.2. The van der Waals surface area contributed by atoms with E-state index in [-0.39, 0.29) is 24.7 Å². The monoisotopic (exact) mass is 439 g/mol. The van der Waals surface area contributed by atoms with Crippen LogP contribution in [0.1, 0.15) is 55.5 Å². The highest BCUT2D eigenvalue weighted by Crippen LogP contribution is 2.49. The van der Waals surface area contributed by atoms with E-state index < -0.39 is 5.92 Å². The Morgan fingerprint density at radius 2 is 1.81 bits per heavy atom. The predicted octanol–water partition coefficient (Wildman–Crippen LogP) is 4.90. The normalized spacial score (nSPS) is 19.5. The summed E-state index contributed by atoms with van der Waals surface area (Å²) in [5.74, 6) is -2.37. The van der Waals surface area contributed by atoms with E-state index >= 15 is 0 Å². The number of aryl methyl sites for hydroxylation is 1. The maximum Gasteiger partial charge on any atom is 0.252 e. The topological polar surface area (TPSA) is 76.6 Å². The summed E-state index contributed by atoms with van der Waals surface area (Å²) >= 11 is 0. The molecule has 168 valence electrons. The molecular formula is C24H27F2N5O. The smallest absolute Gasteiger partial charge is 0.252 e. The van der Waals surface area contributed by atoms with Crippen molar-refractivity contribution in [3.8, 4) is 22.5 Å². The molecule has 2 aromatic heterocycles.